The van der Waals surface area contributed by atoms with Crippen LogP contribution in [0.3, 0.4) is 0 Å². The maximum Gasteiger partial charge on any atom is 0.191 e. The minimum absolute atomic E-state index is 0.129. The number of Topliss-reactive ketones (excluding diaryl/α,β-unsaturated/α-hetero) is 2. The topological polar surface area (TPSA) is 50.3 Å². The number of carbonyl (C=O) groups excluding carboxylic acids is 2. The number of aryl methyl sites for hydroxylation is 2. The summed E-state index contributed by atoms with van der Waals surface area (Å²) >= 11 is 1.36. The maximum atomic E-state index is 12.3. The number of ketones is 2. The van der Waals surface area contributed by atoms with Crippen molar-refractivity contribution in [2.45, 2.75) is 31.8 Å². The van der Waals surface area contributed by atoms with Crippen molar-refractivity contribution in [3.63, 3.8) is 0 Å². The Labute approximate surface area is 105 Å². The van der Waals surface area contributed by atoms with E-state index in [2.05, 4.69) is 4.98 Å². The highest BCUT2D eigenvalue weighted by Crippen LogP contribution is 2.34. The van der Waals surface area contributed by atoms with Crippen LogP contribution < -0.4 is 0 Å². The molecule has 0 N–H and O–H groups in total. The van der Waals surface area contributed by atoms with Crippen LogP contribution in [0.4, 0.5) is 0 Å². The smallest absolute Gasteiger partial charge is 0.191 e. The van der Waals surface area contributed by atoms with Crippen molar-refractivity contribution in [1.82, 2.24) is 9.29 Å². The molecule has 0 saturated carbocycles. The number of nitrogens with zero attached hydrogens (tertiary/aromatic N) is 2. The molecule has 1 aromatic heterocycles. The molecule has 2 heterocycles. The highest BCUT2D eigenvalue weighted by molar-refractivity contribution is 7.97. The van der Waals surface area contributed by atoms with E-state index in [1.807, 2.05) is 19.9 Å². The van der Waals surface area contributed by atoms with Gasteiger partial charge in [0.1, 0.15) is 11.1 Å². The van der Waals surface area contributed by atoms with E-state index in [4.69, 9.17) is 0 Å². The highest BCUT2D eigenvalue weighted by atomic mass is 32.2. The molecule has 5 heteroatoms. The van der Waals surface area contributed by atoms with Gasteiger partial charge in [-0.1, -0.05) is 0 Å². The molecule has 1 aromatic rings. The Morgan fingerprint density at radius 1 is 1.47 bits per heavy atom. The van der Waals surface area contributed by atoms with Crippen LogP contribution in [-0.4, -0.2) is 33.9 Å². The van der Waals surface area contributed by atoms with Crippen molar-refractivity contribution in [3.05, 3.63) is 22.9 Å². The quantitative estimate of drug-likeness (QED) is 0.562. The Kier molecular flexibility index (Phi) is 3.05. The molecule has 0 saturated heterocycles. The lowest BCUT2D eigenvalue weighted by molar-refractivity contribution is -0.118. The molecule has 1 unspecified atom stereocenters. The van der Waals surface area contributed by atoms with Crippen molar-refractivity contribution in [3.8, 4) is 0 Å². The molecular weight excluding hydrogens is 236 g/mol. The second-order valence-corrected chi connectivity index (χ2v) is 5.42. The van der Waals surface area contributed by atoms with Gasteiger partial charge in [-0.15, -0.1) is 0 Å². The number of likely N-dealkylation sites (N-methyl/N-ethyl adjacent to an activating group) is 1. The molecule has 1 aliphatic heterocycles. The molecule has 0 spiro atoms. The van der Waals surface area contributed by atoms with Gasteiger partial charge in [0, 0.05) is 5.69 Å². The number of fused-ring (bicyclic) bond motifs is 1. The van der Waals surface area contributed by atoms with Gasteiger partial charge in [-0.05, 0) is 51.4 Å². The van der Waals surface area contributed by atoms with Gasteiger partial charge in [-0.3, -0.25) is 9.59 Å². The molecule has 1 aliphatic rings. The van der Waals surface area contributed by atoms with E-state index in [1.54, 1.807) is 11.4 Å². The first-order chi connectivity index (χ1) is 7.91. The minimum Gasteiger partial charge on any atom is -0.298 e. The van der Waals surface area contributed by atoms with Gasteiger partial charge in [0.15, 0.2) is 11.6 Å². The molecule has 4 nitrogen and oxygen atoms in total. The van der Waals surface area contributed by atoms with Crippen LogP contribution in [0, 0.1) is 13.8 Å². The minimum atomic E-state index is -0.685. The van der Waals surface area contributed by atoms with Gasteiger partial charge in [-0.25, -0.2) is 9.29 Å². The van der Waals surface area contributed by atoms with E-state index in [1.165, 1.54) is 18.9 Å². The normalized spacial score (nSPS) is 20.2. The number of aromatic nitrogens is 1. The average Bonchev–Trinajstić information content (AvgIpc) is 2.13. The molecule has 0 fully saturated rings. The second kappa shape index (κ2) is 4.23. The summed E-state index contributed by atoms with van der Waals surface area (Å²) < 4.78 is 1.68. The standard InChI is InChI=1S/C12H14N2O2S/c1-6-5-7(2)13-12-9(6)11(16)10(8(3)15)14(4)17-12/h5,10H,1-4H3. The molecular formula is C12H14N2O2S. The van der Waals surface area contributed by atoms with Crippen LogP contribution in [0.2, 0.25) is 0 Å². The lowest BCUT2D eigenvalue weighted by Crippen LogP contribution is -2.43. The average molecular weight is 250 g/mol. The van der Waals surface area contributed by atoms with Crippen molar-refractivity contribution in [1.29, 1.82) is 0 Å². The van der Waals surface area contributed by atoms with Crippen LogP contribution in [0.25, 0.3) is 0 Å². The SMILES string of the molecule is CC(=O)C1C(=O)c2c(C)cc(C)nc2SN1C. The van der Waals surface area contributed by atoms with Crippen LogP contribution in [0.5, 0.6) is 0 Å². The van der Waals surface area contributed by atoms with E-state index in [0.717, 1.165) is 11.3 Å². The van der Waals surface area contributed by atoms with Gasteiger partial charge >= 0.3 is 0 Å². The predicted molar refractivity (Wildman–Crippen MR) is 66.1 cm³/mol. The number of pyridine rings is 1. The third kappa shape index (κ3) is 2.00. The molecule has 0 amide bonds. The van der Waals surface area contributed by atoms with Crippen LogP contribution >= 0.6 is 11.9 Å². The fourth-order valence-electron chi connectivity index (χ4n) is 2.10. The largest absolute Gasteiger partial charge is 0.298 e. The summed E-state index contributed by atoms with van der Waals surface area (Å²) in [5.41, 5.74) is 2.37. The summed E-state index contributed by atoms with van der Waals surface area (Å²) in [5, 5.41) is 0.701. The highest BCUT2D eigenvalue weighted by Gasteiger charge is 2.37. The monoisotopic (exact) mass is 250 g/mol. The molecule has 0 aromatic carbocycles. The summed E-state index contributed by atoms with van der Waals surface area (Å²) in [6.45, 7) is 5.23. The van der Waals surface area contributed by atoms with Gasteiger partial charge < -0.3 is 0 Å². The Morgan fingerprint density at radius 3 is 2.71 bits per heavy atom. The van der Waals surface area contributed by atoms with E-state index in [-0.39, 0.29) is 11.6 Å². The zero-order valence-electron chi connectivity index (χ0n) is 10.3. The lowest BCUT2D eigenvalue weighted by Gasteiger charge is -2.29. The van der Waals surface area contributed by atoms with E-state index >= 15 is 0 Å². The third-order valence-corrected chi connectivity index (χ3v) is 3.75. The molecule has 0 radical (unpaired) electrons. The summed E-state index contributed by atoms with van der Waals surface area (Å²) in [4.78, 5) is 28.2. The van der Waals surface area contributed by atoms with Gasteiger partial charge in [0.05, 0.1) is 5.56 Å². The van der Waals surface area contributed by atoms with Gasteiger partial charge in [-0.2, -0.15) is 0 Å². The number of hydrogen-bond donors (Lipinski definition) is 0. The van der Waals surface area contributed by atoms with Crippen molar-refractivity contribution in [2.24, 2.45) is 0 Å². The molecule has 2 rings (SSSR count). The first-order valence-electron chi connectivity index (χ1n) is 5.35. The molecule has 90 valence electrons. The first-order valence-corrected chi connectivity index (χ1v) is 6.13. The first kappa shape index (κ1) is 12.3. The van der Waals surface area contributed by atoms with Crippen molar-refractivity contribution < 1.29 is 9.59 Å². The Bertz CT molecular complexity index is 513. The van der Waals surface area contributed by atoms with Gasteiger partial charge in [0.25, 0.3) is 0 Å². The maximum absolute atomic E-state index is 12.3. The molecule has 1 atom stereocenters. The lowest BCUT2D eigenvalue weighted by atomic mass is 9.98. The predicted octanol–water partition coefficient (Wildman–Crippen LogP) is 1.79. The van der Waals surface area contributed by atoms with Crippen molar-refractivity contribution >= 4 is 23.5 Å². The summed E-state index contributed by atoms with van der Waals surface area (Å²) in [6, 6.07) is 1.19. The zero-order valence-corrected chi connectivity index (χ0v) is 11.1. The van der Waals surface area contributed by atoms with Crippen molar-refractivity contribution in [2.75, 3.05) is 7.05 Å². The van der Waals surface area contributed by atoms with Crippen LogP contribution in [0.15, 0.2) is 11.1 Å². The van der Waals surface area contributed by atoms with E-state index in [9.17, 15) is 9.59 Å². The Hall–Kier alpha value is -1.20. The third-order valence-electron chi connectivity index (χ3n) is 2.79. The van der Waals surface area contributed by atoms with E-state index < -0.39 is 6.04 Å². The van der Waals surface area contributed by atoms with Crippen LogP contribution in [-0.2, 0) is 4.79 Å². The molecule has 17 heavy (non-hydrogen) atoms. The number of carbonyl (C=O) groups is 2. The fourth-order valence-corrected chi connectivity index (χ4v) is 3.26. The summed E-state index contributed by atoms with van der Waals surface area (Å²) in [7, 11) is 1.75. The van der Waals surface area contributed by atoms with Crippen LogP contribution in [0.1, 0.15) is 28.5 Å². The summed E-state index contributed by atoms with van der Waals surface area (Å²) in [6.07, 6.45) is 0. The van der Waals surface area contributed by atoms with Gasteiger partial charge in [0.2, 0.25) is 0 Å². The fraction of sp³-hybridized carbons (Fsp3) is 0.417. The number of hydrogen-bond acceptors (Lipinski definition) is 5. The zero-order chi connectivity index (χ0) is 12.7. The molecule has 0 bridgehead atoms. The number of rotatable bonds is 1. The van der Waals surface area contributed by atoms with E-state index in [0.29, 0.717) is 10.6 Å². The Morgan fingerprint density at radius 2 is 2.12 bits per heavy atom. The Balaban J connectivity index is 2.58. The molecule has 0 aliphatic carbocycles. The second-order valence-electron chi connectivity index (χ2n) is 4.28. The summed E-state index contributed by atoms with van der Waals surface area (Å²) in [5.74, 6) is -0.269.